The molecule has 0 fully saturated rings. The number of nitrogens with zero attached hydrogens (tertiary/aromatic N) is 1. The minimum atomic E-state index is -0.871. The standard InChI is InChI=1S/C26H30ClNO3/c1-28-22-17-16-20(27)18-21(22)26(24(29)14-9-15-25(30)31)23(28)13-8-3-2-5-10-19-11-6-4-7-12-19/h4,6-7,11-12,16-18H,2-3,5,8-10,13-15H2,1H3,(H,30,31). The lowest BCUT2D eigenvalue weighted by molar-refractivity contribution is -0.137. The summed E-state index contributed by atoms with van der Waals surface area (Å²) in [7, 11) is 2.00. The van der Waals surface area contributed by atoms with Gasteiger partial charge in [-0.05, 0) is 55.9 Å². The number of aliphatic carboxylic acids is 1. The lowest BCUT2D eigenvalue weighted by Gasteiger charge is -2.08. The fourth-order valence-corrected chi connectivity index (χ4v) is 4.39. The Labute approximate surface area is 188 Å². The molecule has 1 heterocycles. The number of unbranched alkanes of at least 4 members (excludes halogenated alkanes) is 3. The third kappa shape index (κ3) is 6.20. The van der Waals surface area contributed by atoms with Gasteiger partial charge >= 0.3 is 5.97 Å². The number of ketones is 1. The van der Waals surface area contributed by atoms with Gasteiger partial charge in [-0.3, -0.25) is 9.59 Å². The van der Waals surface area contributed by atoms with Gasteiger partial charge in [0.15, 0.2) is 5.78 Å². The summed E-state index contributed by atoms with van der Waals surface area (Å²) in [6, 6.07) is 16.2. The second kappa shape index (κ2) is 11.1. The molecule has 0 bridgehead atoms. The van der Waals surface area contributed by atoms with Crippen LogP contribution in [0.25, 0.3) is 10.9 Å². The molecule has 0 atom stereocenters. The molecule has 0 spiro atoms. The minimum absolute atomic E-state index is 0.00759. The van der Waals surface area contributed by atoms with E-state index in [2.05, 4.69) is 28.8 Å². The summed E-state index contributed by atoms with van der Waals surface area (Å²) in [6.45, 7) is 0. The highest BCUT2D eigenvalue weighted by atomic mass is 35.5. The van der Waals surface area contributed by atoms with Crippen LogP contribution in [0.15, 0.2) is 48.5 Å². The number of carbonyl (C=O) groups excluding carboxylic acids is 1. The molecule has 0 aliphatic rings. The number of carboxylic acids is 1. The Hall–Kier alpha value is -2.59. The summed E-state index contributed by atoms with van der Waals surface area (Å²) in [5.74, 6) is -0.863. The molecule has 0 aliphatic heterocycles. The number of carbonyl (C=O) groups is 2. The Morgan fingerprint density at radius 2 is 1.61 bits per heavy atom. The lowest BCUT2D eigenvalue weighted by atomic mass is 9.98. The van der Waals surface area contributed by atoms with Gasteiger partial charge in [-0.25, -0.2) is 0 Å². The number of benzene rings is 2. The molecule has 4 nitrogen and oxygen atoms in total. The van der Waals surface area contributed by atoms with Gasteiger partial charge < -0.3 is 9.67 Å². The first-order valence-electron chi connectivity index (χ1n) is 11.0. The Kier molecular flexibility index (Phi) is 8.30. The molecule has 0 aliphatic carbocycles. The number of aromatic nitrogens is 1. The van der Waals surface area contributed by atoms with Crippen molar-refractivity contribution < 1.29 is 14.7 Å². The van der Waals surface area contributed by atoms with Crippen LogP contribution in [0.3, 0.4) is 0 Å². The van der Waals surface area contributed by atoms with E-state index in [1.54, 1.807) is 0 Å². The SMILES string of the molecule is Cn1c(CCCCCCc2ccccc2)c(C(=O)CCCC(=O)O)c2cc(Cl)ccc21. The van der Waals surface area contributed by atoms with Crippen LogP contribution < -0.4 is 0 Å². The average molecular weight is 440 g/mol. The Morgan fingerprint density at radius 1 is 0.903 bits per heavy atom. The molecular weight excluding hydrogens is 410 g/mol. The molecule has 164 valence electrons. The topological polar surface area (TPSA) is 59.3 Å². The molecule has 0 amide bonds. The van der Waals surface area contributed by atoms with Gasteiger partial charge in [0.25, 0.3) is 0 Å². The van der Waals surface area contributed by atoms with E-state index < -0.39 is 5.97 Å². The molecule has 0 unspecified atom stereocenters. The highest BCUT2D eigenvalue weighted by Crippen LogP contribution is 2.30. The van der Waals surface area contributed by atoms with Gasteiger partial charge in [0, 0.05) is 47.1 Å². The summed E-state index contributed by atoms with van der Waals surface area (Å²) in [6.07, 6.45) is 6.97. The summed E-state index contributed by atoms with van der Waals surface area (Å²) in [5.41, 5.74) is 4.11. The van der Waals surface area contributed by atoms with E-state index in [1.165, 1.54) is 5.56 Å². The molecule has 3 rings (SSSR count). The number of rotatable bonds is 12. The highest BCUT2D eigenvalue weighted by Gasteiger charge is 2.21. The lowest BCUT2D eigenvalue weighted by Crippen LogP contribution is -2.07. The van der Waals surface area contributed by atoms with E-state index in [0.29, 0.717) is 11.4 Å². The first kappa shape index (κ1) is 23.1. The molecule has 1 aromatic heterocycles. The maximum Gasteiger partial charge on any atom is 0.303 e. The van der Waals surface area contributed by atoms with Crippen LogP contribution >= 0.6 is 11.6 Å². The van der Waals surface area contributed by atoms with Gasteiger partial charge in [-0.15, -0.1) is 0 Å². The van der Waals surface area contributed by atoms with Gasteiger partial charge in [-0.1, -0.05) is 54.8 Å². The molecule has 2 aromatic carbocycles. The van der Waals surface area contributed by atoms with Crippen molar-refractivity contribution in [2.24, 2.45) is 7.05 Å². The van der Waals surface area contributed by atoms with E-state index in [9.17, 15) is 9.59 Å². The van der Waals surface area contributed by atoms with Crippen molar-refractivity contribution in [1.82, 2.24) is 4.57 Å². The predicted octanol–water partition coefficient (Wildman–Crippen LogP) is 6.61. The van der Waals surface area contributed by atoms with E-state index in [-0.39, 0.29) is 18.6 Å². The summed E-state index contributed by atoms with van der Waals surface area (Å²) >= 11 is 6.22. The third-order valence-electron chi connectivity index (χ3n) is 5.83. The van der Waals surface area contributed by atoms with Crippen LogP contribution in [0.2, 0.25) is 5.02 Å². The van der Waals surface area contributed by atoms with E-state index in [4.69, 9.17) is 16.7 Å². The maximum atomic E-state index is 13.0. The summed E-state index contributed by atoms with van der Waals surface area (Å²) in [4.78, 5) is 23.9. The quantitative estimate of drug-likeness (QED) is 0.255. The fourth-order valence-electron chi connectivity index (χ4n) is 4.22. The monoisotopic (exact) mass is 439 g/mol. The first-order chi connectivity index (χ1) is 15.0. The molecule has 0 saturated carbocycles. The third-order valence-corrected chi connectivity index (χ3v) is 6.06. The van der Waals surface area contributed by atoms with Gasteiger partial charge in [0.1, 0.15) is 0 Å². The molecule has 3 aromatic rings. The number of hydrogen-bond acceptors (Lipinski definition) is 2. The maximum absolute atomic E-state index is 13.0. The van der Waals surface area contributed by atoms with E-state index in [0.717, 1.165) is 60.7 Å². The second-order valence-corrected chi connectivity index (χ2v) is 8.55. The first-order valence-corrected chi connectivity index (χ1v) is 11.4. The summed E-state index contributed by atoms with van der Waals surface area (Å²) in [5, 5.41) is 10.4. The van der Waals surface area contributed by atoms with Crippen LogP contribution in [0.4, 0.5) is 0 Å². The Balaban J connectivity index is 1.66. The minimum Gasteiger partial charge on any atom is -0.481 e. The molecule has 1 N–H and O–H groups in total. The zero-order chi connectivity index (χ0) is 22.2. The molecule has 5 heteroatoms. The largest absolute Gasteiger partial charge is 0.481 e. The van der Waals surface area contributed by atoms with Crippen LogP contribution in [0, 0.1) is 0 Å². The smallest absolute Gasteiger partial charge is 0.303 e. The summed E-state index contributed by atoms with van der Waals surface area (Å²) < 4.78 is 2.10. The van der Waals surface area contributed by atoms with E-state index >= 15 is 0 Å². The number of Topliss-reactive ketones (excluding diaryl/α,β-unsaturated/α-hetero) is 1. The second-order valence-electron chi connectivity index (χ2n) is 8.11. The van der Waals surface area contributed by atoms with Crippen molar-refractivity contribution in [3.8, 4) is 0 Å². The Morgan fingerprint density at radius 3 is 2.32 bits per heavy atom. The van der Waals surface area contributed by atoms with Crippen molar-refractivity contribution in [2.75, 3.05) is 0 Å². The van der Waals surface area contributed by atoms with Crippen molar-refractivity contribution in [3.63, 3.8) is 0 Å². The van der Waals surface area contributed by atoms with Crippen LogP contribution in [0.5, 0.6) is 0 Å². The van der Waals surface area contributed by atoms with Crippen LogP contribution in [0.1, 0.15) is 66.6 Å². The average Bonchev–Trinajstić information content (AvgIpc) is 3.02. The van der Waals surface area contributed by atoms with Crippen molar-refractivity contribution in [3.05, 3.63) is 70.4 Å². The van der Waals surface area contributed by atoms with Crippen LogP contribution in [-0.2, 0) is 24.7 Å². The van der Waals surface area contributed by atoms with Crippen LogP contribution in [-0.4, -0.2) is 21.4 Å². The molecule has 0 saturated heterocycles. The number of fused-ring (bicyclic) bond motifs is 1. The molecule has 31 heavy (non-hydrogen) atoms. The molecular formula is C26H30ClNO3. The fraction of sp³-hybridized carbons (Fsp3) is 0.385. The van der Waals surface area contributed by atoms with Crippen molar-refractivity contribution in [2.45, 2.75) is 57.8 Å². The van der Waals surface area contributed by atoms with Gasteiger partial charge in [0.05, 0.1) is 0 Å². The van der Waals surface area contributed by atoms with Gasteiger partial charge in [0.2, 0.25) is 0 Å². The van der Waals surface area contributed by atoms with E-state index in [1.807, 2.05) is 31.3 Å². The van der Waals surface area contributed by atoms with Gasteiger partial charge in [-0.2, -0.15) is 0 Å². The number of aryl methyl sites for hydroxylation is 2. The zero-order valence-electron chi connectivity index (χ0n) is 18.1. The number of halogens is 1. The Bertz CT molecular complexity index is 1040. The predicted molar refractivity (Wildman–Crippen MR) is 126 cm³/mol. The zero-order valence-corrected chi connectivity index (χ0v) is 18.8. The number of carboxylic acid groups (broad SMARTS) is 1. The number of hydrogen-bond donors (Lipinski definition) is 1. The van der Waals surface area contributed by atoms with Crippen molar-refractivity contribution in [1.29, 1.82) is 0 Å². The molecule has 0 radical (unpaired) electrons. The highest BCUT2D eigenvalue weighted by molar-refractivity contribution is 6.31. The van der Waals surface area contributed by atoms with Crippen molar-refractivity contribution >= 4 is 34.3 Å². The normalized spacial score (nSPS) is 11.2.